The minimum Gasteiger partial charge on any atom is -0.330 e. The van der Waals surface area contributed by atoms with Crippen molar-refractivity contribution in [2.45, 2.75) is 83.5 Å². The summed E-state index contributed by atoms with van der Waals surface area (Å²) in [6.45, 7) is 1.84. The highest BCUT2D eigenvalue weighted by atomic mass is 14.8. The zero-order valence-corrected chi connectivity index (χ0v) is 14.4. The normalized spacial score (nSPS) is 11.8. The van der Waals surface area contributed by atoms with Crippen LogP contribution in [-0.4, -0.2) is 24.8 Å². The molecular formula is C17H39N5+2. The molecule has 0 aromatic rings. The molecule has 0 unspecified atom stereocenters. The van der Waals surface area contributed by atoms with E-state index < -0.39 is 0 Å². The van der Waals surface area contributed by atoms with E-state index in [1.807, 2.05) is 0 Å². The summed E-state index contributed by atoms with van der Waals surface area (Å²) in [5, 5.41) is 5.43. The fraction of sp³-hybridized carbons (Fsp3) is 0.882. The lowest BCUT2D eigenvalue weighted by molar-refractivity contribution is -0.460. The second-order valence-corrected chi connectivity index (χ2v) is 6.20. The van der Waals surface area contributed by atoms with Crippen molar-refractivity contribution in [3.63, 3.8) is 0 Å². The molecule has 0 atom stereocenters. The molecule has 0 bridgehead atoms. The van der Waals surface area contributed by atoms with E-state index in [0.717, 1.165) is 44.6 Å². The third-order valence-electron chi connectivity index (χ3n) is 3.89. The Kier molecular flexibility index (Phi) is 15.5. The molecule has 22 heavy (non-hydrogen) atoms. The van der Waals surface area contributed by atoms with Crippen molar-refractivity contribution in [3.8, 4) is 0 Å². The minimum atomic E-state index is 0.548. The van der Waals surface area contributed by atoms with Crippen molar-refractivity contribution in [2.75, 3.05) is 13.1 Å². The van der Waals surface area contributed by atoms with Crippen LogP contribution in [0.2, 0.25) is 0 Å². The Morgan fingerprint density at radius 3 is 1.77 bits per heavy atom. The van der Waals surface area contributed by atoms with Gasteiger partial charge in [0.15, 0.2) is 0 Å². The summed E-state index contributed by atoms with van der Waals surface area (Å²) < 4.78 is 0. The first kappa shape index (κ1) is 20.9. The quantitative estimate of drug-likeness (QED) is 0.151. The first-order valence-electron chi connectivity index (χ1n) is 9.08. The highest BCUT2D eigenvalue weighted by Crippen LogP contribution is 2.06. The van der Waals surface area contributed by atoms with Gasteiger partial charge in [0.25, 0.3) is 0 Å². The van der Waals surface area contributed by atoms with E-state index >= 15 is 0 Å². The predicted octanol–water partition coefficient (Wildman–Crippen LogP) is -0.429. The van der Waals surface area contributed by atoms with E-state index in [2.05, 4.69) is 4.99 Å². The Hall–Kier alpha value is -1.10. The van der Waals surface area contributed by atoms with Crippen molar-refractivity contribution in [1.29, 1.82) is 0 Å². The highest BCUT2D eigenvalue weighted by Gasteiger charge is 2.00. The van der Waals surface area contributed by atoms with E-state index in [1.54, 1.807) is 0 Å². The molecule has 5 heteroatoms. The molecule has 0 amide bonds. The van der Waals surface area contributed by atoms with Crippen molar-refractivity contribution in [2.24, 2.45) is 17.2 Å². The van der Waals surface area contributed by atoms with E-state index in [9.17, 15) is 0 Å². The monoisotopic (exact) mass is 313 g/mol. The van der Waals surface area contributed by atoms with Gasteiger partial charge in [-0.2, -0.15) is 0 Å². The summed E-state index contributed by atoms with van der Waals surface area (Å²) >= 11 is 0. The maximum Gasteiger partial charge on any atom is 0.240 e. The summed E-state index contributed by atoms with van der Waals surface area (Å²) in [6, 6.07) is 0. The number of nitrogens with one attached hydrogen (secondary N) is 1. The fourth-order valence-electron chi connectivity index (χ4n) is 2.49. The molecule has 0 aliphatic heterocycles. The molecule has 9 N–H and O–H groups in total. The third-order valence-corrected chi connectivity index (χ3v) is 3.89. The minimum absolute atomic E-state index is 0.548. The van der Waals surface area contributed by atoms with Gasteiger partial charge in [0.05, 0.1) is 6.54 Å². The third kappa shape index (κ3) is 17.0. The lowest BCUT2D eigenvalue weighted by Crippen LogP contribution is -2.75. The number of unbranched alkanes of at least 4 members (excludes halogenated alkanes) is 9. The second-order valence-electron chi connectivity index (χ2n) is 6.20. The molecule has 0 fully saturated rings. The molecular weight excluding hydrogens is 274 g/mol. The molecule has 0 saturated carbocycles. The SMILES string of the molecule is NCCCCCCCCC[NH+]=C(N)CCCCCCC(N)=[NH2+]. The molecule has 0 radical (unpaired) electrons. The van der Waals surface area contributed by atoms with Crippen LogP contribution in [-0.2, 0) is 0 Å². The van der Waals surface area contributed by atoms with Gasteiger partial charge in [-0.05, 0) is 38.6 Å². The van der Waals surface area contributed by atoms with Gasteiger partial charge in [-0.1, -0.05) is 38.5 Å². The molecule has 0 aromatic heterocycles. The largest absolute Gasteiger partial charge is 0.330 e. The molecule has 0 aliphatic carbocycles. The Morgan fingerprint density at radius 2 is 1.18 bits per heavy atom. The standard InChI is InChI=1S/C17H37N5/c18-14-10-6-2-1-3-7-11-15-22-17(21)13-9-5-4-8-12-16(19)20/h1-15,18H2,(H3,19,20)(H2,21,22)/p+2. The maximum absolute atomic E-state index is 5.98. The Balaban J connectivity index is 3.29. The van der Waals surface area contributed by atoms with Crippen molar-refractivity contribution < 1.29 is 10.4 Å². The van der Waals surface area contributed by atoms with Crippen LogP contribution in [0.1, 0.15) is 83.5 Å². The lowest BCUT2D eigenvalue weighted by Gasteiger charge is -2.00. The van der Waals surface area contributed by atoms with E-state index in [-0.39, 0.29) is 0 Å². The molecule has 0 rings (SSSR count). The predicted molar refractivity (Wildman–Crippen MR) is 95.2 cm³/mol. The Morgan fingerprint density at radius 1 is 0.682 bits per heavy atom. The van der Waals surface area contributed by atoms with Gasteiger partial charge in [0.2, 0.25) is 11.7 Å². The molecule has 0 heterocycles. The number of rotatable bonds is 16. The van der Waals surface area contributed by atoms with Gasteiger partial charge in [-0.15, -0.1) is 0 Å². The number of hydrogen-bond acceptors (Lipinski definition) is 1. The fourth-order valence-corrected chi connectivity index (χ4v) is 2.49. The first-order chi connectivity index (χ1) is 10.7. The summed E-state index contributed by atoms with van der Waals surface area (Å²) in [5.41, 5.74) is 16.9. The Labute approximate surface area is 136 Å². The van der Waals surface area contributed by atoms with Crippen LogP contribution in [0.5, 0.6) is 0 Å². The van der Waals surface area contributed by atoms with Crippen molar-refractivity contribution in [1.82, 2.24) is 0 Å². The van der Waals surface area contributed by atoms with Crippen molar-refractivity contribution >= 4 is 11.7 Å². The second kappa shape index (κ2) is 16.3. The van der Waals surface area contributed by atoms with Crippen LogP contribution in [0, 0.1) is 0 Å². The smallest absolute Gasteiger partial charge is 0.240 e. The van der Waals surface area contributed by atoms with Crippen LogP contribution < -0.4 is 27.6 Å². The van der Waals surface area contributed by atoms with Gasteiger partial charge in [0.1, 0.15) is 0 Å². The van der Waals surface area contributed by atoms with E-state index in [0.29, 0.717) is 5.84 Å². The number of nitrogens with two attached hydrogens (primary N) is 4. The van der Waals surface area contributed by atoms with Crippen LogP contribution >= 0.6 is 0 Å². The molecule has 0 saturated heterocycles. The summed E-state index contributed by atoms with van der Waals surface area (Å²) in [4.78, 5) is 3.34. The molecule has 130 valence electrons. The highest BCUT2D eigenvalue weighted by molar-refractivity contribution is 5.74. The summed E-state index contributed by atoms with van der Waals surface area (Å²) in [7, 11) is 0. The average Bonchev–Trinajstić information content (AvgIpc) is 2.48. The molecule has 0 aromatic carbocycles. The van der Waals surface area contributed by atoms with Crippen molar-refractivity contribution in [3.05, 3.63) is 0 Å². The molecule has 0 spiro atoms. The zero-order chi connectivity index (χ0) is 16.5. The topological polar surface area (TPSA) is 118 Å². The molecule has 0 aliphatic rings. The van der Waals surface area contributed by atoms with Crippen LogP contribution in [0.3, 0.4) is 0 Å². The molecule has 5 nitrogen and oxygen atoms in total. The van der Waals surface area contributed by atoms with E-state index in [4.69, 9.17) is 22.6 Å². The van der Waals surface area contributed by atoms with Gasteiger partial charge in [-0.3, -0.25) is 21.9 Å². The maximum atomic E-state index is 5.98. The number of hydrogen-bond donors (Lipinski definition) is 5. The van der Waals surface area contributed by atoms with Gasteiger partial charge < -0.3 is 5.73 Å². The lowest BCUT2D eigenvalue weighted by atomic mass is 10.1. The van der Waals surface area contributed by atoms with Crippen LogP contribution in [0.4, 0.5) is 0 Å². The van der Waals surface area contributed by atoms with Gasteiger partial charge in [-0.25, -0.2) is 0 Å². The van der Waals surface area contributed by atoms with E-state index in [1.165, 1.54) is 57.8 Å². The van der Waals surface area contributed by atoms with Gasteiger partial charge >= 0.3 is 0 Å². The van der Waals surface area contributed by atoms with Gasteiger partial charge in [0, 0.05) is 12.8 Å². The number of amidine groups is 2. The van der Waals surface area contributed by atoms with Crippen LogP contribution in [0.15, 0.2) is 0 Å². The average molecular weight is 314 g/mol. The zero-order valence-electron chi connectivity index (χ0n) is 14.4. The van der Waals surface area contributed by atoms with Crippen LogP contribution in [0.25, 0.3) is 0 Å². The summed E-state index contributed by atoms with van der Waals surface area (Å²) in [6.07, 6.45) is 15.4. The first-order valence-corrected chi connectivity index (χ1v) is 9.08. The summed E-state index contributed by atoms with van der Waals surface area (Å²) in [5.74, 6) is 1.49. The Bertz CT molecular complexity index is 289.